The minimum absolute atomic E-state index is 0.0454. The van der Waals surface area contributed by atoms with Gasteiger partial charge in [0, 0.05) is 12.6 Å². The van der Waals surface area contributed by atoms with E-state index in [1.807, 2.05) is 4.90 Å². The summed E-state index contributed by atoms with van der Waals surface area (Å²) < 4.78 is 0. The van der Waals surface area contributed by atoms with Crippen molar-refractivity contribution in [2.24, 2.45) is 0 Å². The highest BCUT2D eigenvalue weighted by Gasteiger charge is 2.25. The highest BCUT2D eigenvalue weighted by atomic mass is 16.4. The predicted molar refractivity (Wildman–Crippen MR) is 43.9 cm³/mol. The summed E-state index contributed by atoms with van der Waals surface area (Å²) in [5.74, 6) is -0.810. The molecule has 70 valence electrons. The molecule has 0 amide bonds. The molecule has 1 fully saturated rings. The first-order valence-electron chi connectivity index (χ1n) is 4.30. The number of carboxylic acid groups (broad SMARTS) is 1. The second-order valence-corrected chi connectivity index (χ2v) is 3.17. The highest BCUT2D eigenvalue weighted by Crippen LogP contribution is 2.23. The summed E-state index contributed by atoms with van der Waals surface area (Å²) in [7, 11) is 0. The zero-order valence-corrected chi connectivity index (χ0v) is 7.07. The van der Waals surface area contributed by atoms with E-state index in [2.05, 4.69) is 0 Å². The van der Waals surface area contributed by atoms with E-state index in [9.17, 15) is 4.79 Å². The van der Waals surface area contributed by atoms with Gasteiger partial charge in [-0.2, -0.15) is 0 Å². The third kappa shape index (κ3) is 2.46. The van der Waals surface area contributed by atoms with Crippen LogP contribution in [0.5, 0.6) is 0 Å². The topological polar surface area (TPSA) is 60.8 Å². The minimum Gasteiger partial charge on any atom is -0.480 e. The molecular formula is C8H15NO3. The van der Waals surface area contributed by atoms with Crippen molar-refractivity contribution in [3.05, 3.63) is 0 Å². The number of carbonyl (C=O) groups is 1. The number of rotatable bonds is 5. The molecule has 4 nitrogen and oxygen atoms in total. The van der Waals surface area contributed by atoms with E-state index in [0.29, 0.717) is 12.6 Å². The van der Waals surface area contributed by atoms with Gasteiger partial charge in [-0.3, -0.25) is 9.69 Å². The number of hydrogen-bond acceptors (Lipinski definition) is 3. The molecule has 0 unspecified atom stereocenters. The Labute approximate surface area is 71.8 Å². The lowest BCUT2D eigenvalue weighted by Gasteiger charge is -2.36. The fraction of sp³-hybridized carbons (Fsp3) is 0.875. The monoisotopic (exact) mass is 173 g/mol. The van der Waals surface area contributed by atoms with Gasteiger partial charge >= 0.3 is 5.97 Å². The average molecular weight is 173 g/mol. The van der Waals surface area contributed by atoms with Crippen LogP contribution >= 0.6 is 0 Å². The number of aliphatic hydroxyl groups is 1. The van der Waals surface area contributed by atoms with Crippen LogP contribution in [-0.4, -0.2) is 46.8 Å². The molecule has 0 heterocycles. The number of carboxylic acids is 1. The van der Waals surface area contributed by atoms with Crippen molar-refractivity contribution in [2.45, 2.75) is 25.3 Å². The first-order valence-corrected chi connectivity index (χ1v) is 4.30. The molecule has 1 rings (SSSR count). The molecule has 1 aliphatic carbocycles. The first-order chi connectivity index (χ1) is 5.74. The van der Waals surface area contributed by atoms with Gasteiger partial charge in [-0.05, 0) is 12.8 Å². The van der Waals surface area contributed by atoms with Gasteiger partial charge in [0.05, 0.1) is 13.2 Å². The smallest absolute Gasteiger partial charge is 0.317 e. The van der Waals surface area contributed by atoms with Crippen LogP contribution < -0.4 is 0 Å². The van der Waals surface area contributed by atoms with Crippen LogP contribution in [0, 0.1) is 0 Å². The Morgan fingerprint density at radius 2 is 2.17 bits per heavy atom. The number of nitrogens with zero attached hydrogens (tertiary/aromatic N) is 1. The SMILES string of the molecule is O=C(O)CN(CCO)C1CCC1. The molecular weight excluding hydrogens is 158 g/mol. The Morgan fingerprint density at radius 3 is 2.50 bits per heavy atom. The van der Waals surface area contributed by atoms with Gasteiger partial charge in [-0.25, -0.2) is 0 Å². The van der Waals surface area contributed by atoms with Gasteiger partial charge in [-0.1, -0.05) is 6.42 Å². The van der Waals surface area contributed by atoms with Crippen LogP contribution in [0.4, 0.5) is 0 Å². The maximum absolute atomic E-state index is 10.4. The van der Waals surface area contributed by atoms with Gasteiger partial charge in [0.25, 0.3) is 0 Å². The van der Waals surface area contributed by atoms with Crippen molar-refractivity contribution in [1.29, 1.82) is 0 Å². The molecule has 2 N–H and O–H groups in total. The number of hydrogen-bond donors (Lipinski definition) is 2. The summed E-state index contributed by atoms with van der Waals surface area (Å²) in [5.41, 5.74) is 0. The molecule has 1 aliphatic rings. The van der Waals surface area contributed by atoms with Crippen LogP contribution in [0.1, 0.15) is 19.3 Å². The molecule has 0 atom stereocenters. The maximum Gasteiger partial charge on any atom is 0.317 e. The van der Waals surface area contributed by atoms with Crippen LogP contribution in [0.15, 0.2) is 0 Å². The molecule has 0 bridgehead atoms. The standard InChI is InChI=1S/C8H15NO3/c10-5-4-9(6-8(11)12)7-2-1-3-7/h7,10H,1-6H2,(H,11,12). The summed E-state index contributed by atoms with van der Waals surface area (Å²) in [6.45, 7) is 0.589. The molecule has 0 aromatic carbocycles. The lowest BCUT2D eigenvalue weighted by atomic mass is 9.91. The first kappa shape index (κ1) is 9.48. The van der Waals surface area contributed by atoms with Crippen LogP contribution in [0.2, 0.25) is 0 Å². The molecule has 1 saturated carbocycles. The highest BCUT2D eigenvalue weighted by molar-refractivity contribution is 5.69. The summed E-state index contributed by atoms with van der Waals surface area (Å²) in [4.78, 5) is 12.2. The van der Waals surface area contributed by atoms with Crippen molar-refractivity contribution >= 4 is 5.97 Å². The number of aliphatic carboxylic acids is 1. The predicted octanol–water partition coefficient (Wildman–Crippen LogP) is -0.0822. The van der Waals surface area contributed by atoms with E-state index in [-0.39, 0.29) is 13.2 Å². The lowest BCUT2D eigenvalue weighted by molar-refractivity contribution is -0.139. The fourth-order valence-electron chi connectivity index (χ4n) is 1.44. The Balaban J connectivity index is 2.31. The fourth-order valence-corrected chi connectivity index (χ4v) is 1.44. The van der Waals surface area contributed by atoms with Crippen molar-refractivity contribution in [1.82, 2.24) is 4.90 Å². The average Bonchev–Trinajstić information content (AvgIpc) is 1.81. The number of aliphatic hydroxyl groups excluding tert-OH is 1. The zero-order chi connectivity index (χ0) is 8.97. The Bertz CT molecular complexity index is 156. The second-order valence-electron chi connectivity index (χ2n) is 3.17. The van der Waals surface area contributed by atoms with Crippen LogP contribution in [-0.2, 0) is 4.79 Å². The zero-order valence-electron chi connectivity index (χ0n) is 7.07. The van der Waals surface area contributed by atoms with Crippen molar-refractivity contribution in [2.75, 3.05) is 19.7 Å². The maximum atomic E-state index is 10.4. The normalized spacial score (nSPS) is 17.8. The summed E-state index contributed by atoms with van der Waals surface area (Å²) in [6, 6.07) is 0.397. The molecule has 0 spiro atoms. The third-order valence-corrected chi connectivity index (χ3v) is 2.32. The van der Waals surface area contributed by atoms with E-state index >= 15 is 0 Å². The van der Waals surface area contributed by atoms with Crippen molar-refractivity contribution in [3.8, 4) is 0 Å². The van der Waals surface area contributed by atoms with Gasteiger partial charge in [0.2, 0.25) is 0 Å². The lowest BCUT2D eigenvalue weighted by Crippen LogP contribution is -2.44. The molecule has 12 heavy (non-hydrogen) atoms. The Hall–Kier alpha value is -0.610. The van der Waals surface area contributed by atoms with E-state index in [1.54, 1.807) is 0 Å². The molecule has 0 saturated heterocycles. The van der Waals surface area contributed by atoms with Crippen molar-refractivity contribution < 1.29 is 15.0 Å². The van der Waals surface area contributed by atoms with Crippen LogP contribution in [0.25, 0.3) is 0 Å². The summed E-state index contributed by atoms with van der Waals surface area (Å²) in [6.07, 6.45) is 3.34. The van der Waals surface area contributed by atoms with Crippen molar-refractivity contribution in [3.63, 3.8) is 0 Å². The third-order valence-electron chi connectivity index (χ3n) is 2.32. The van der Waals surface area contributed by atoms with Gasteiger partial charge in [-0.15, -0.1) is 0 Å². The molecule has 4 heteroatoms. The summed E-state index contributed by atoms with van der Waals surface area (Å²) >= 11 is 0. The van der Waals surface area contributed by atoms with E-state index < -0.39 is 5.97 Å². The second kappa shape index (κ2) is 4.42. The quantitative estimate of drug-likeness (QED) is 0.610. The van der Waals surface area contributed by atoms with E-state index in [4.69, 9.17) is 10.2 Å². The largest absolute Gasteiger partial charge is 0.480 e. The van der Waals surface area contributed by atoms with Crippen LogP contribution in [0.3, 0.4) is 0 Å². The van der Waals surface area contributed by atoms with Gasteiger partial charge in [0.1, 0.15) is 0 Å². The minimum atomic E-state index is -0.810. The molecule has 0 aliphatic heterocycles. The molecule has 0 radical (unpaired) electrons. The van der Waals surface area contributed by atoms with Gasteiger partial charge in [0.15, 0.2) is 0 Å². The summed E-state index contributed by atoms with van der Waals surface area (Å²) in [5, 5.41) is 17.2. The molecule has 0 aromatic heterocycles. The van der Waals surface area contributed by atoms with E-state index in [1.165, 1.54) is 6.42 Å². The van der Waals surface area contributed by atoms with Gasteiger partial charge < -0.3 is 10.2 Å². The molecule has 0 aromatic rings. The Kier molecular flexibility index (Phi) is 3.49. The Morgan fingerprint density at radius 1 is 1.50 bits per heavy atom. The van der Waals surface area contributed by atoms with E-state index in [0.717, 1.165) is 12.8 Å².